The van der Waals surface area contributed by atoms with Crippen LogP contribution in [0.1, 0.15) is 11.9 Å². The molecule has 28 heavy (non-hydrogen) atoms. The lowest BCUT2D eigenvalue weighted by atomic mass is 9.97. The van der Waals surface area contributed by atoms with Crippen LogP contribution in [-0.2, 0) is 14.2 Å². The van der Waals surface area contributed by atoms with Crippen molar-refractivity contribution in [3.05, 3.63) is 75.6 Å². The van der Waals surface area contributed by atoms with Gasteiger partial charge in [-0.3, -0.25) is 0 Å². The highest BCUT2D eigenvalue weighted by Crippen LogP contribution is 2.40. The van der Waals surface area contributed by atoms with Gasteiger partial charge in [0.05, 0.1) is 12.6 Å². The summed E-state index contributed by atoms with van der Waals surface area (Å²) in [5, 5.41) is 15.2. The number of aliphatic hydroxyl groups is 1. The minimum absolute atomic E-state index is 0.265. The van der Waals surface area contributed by atoms with Gasteiger partial charge in [-0.2, -0.15) is 0 Å². The van der Waals surface area contributed by atoms with E-state index in [0.29, 0.717) is 5.02 Å². The lowest BCUT2D eigenvalue weighted by Crippen LogP contribution is -2.60. The van der Waals surface area contributed by atoms with Crippen LogP contribution in [0, 0.1) is 0 Å². The molecule has 0 radical (unpaired) electrons. The van der Waals surface area contributed by atoms with E-state index in [4.69, 9.17) is 31.3 Å². The molecule has 2 saturated heterocycles. The Kier molecular flexibility index (Phi) is 6.08. The number of ether oxygens (including phenoxy) is 3. The van der Waals surface area contributed by atoms with Gasteiger partial charge in [0, 0.05) is 20.4 Å². The summed E-state index contributed by atoms with van der Waals surface area (Å²) in [7, 11) is 0. The predicted molar refractivity (Wildman–Crippen MR) is 105 cm³/mol. The second kappa shape index (κ2) is 8.71. The molecule has 0 amide bonds. The Morgan fingerprint density at radius 1 is 1.14 bits per heavy atom. The summed E-state index contributed by atoms with van der Waals surface area (Å²) in [4.78, 5) is 3.75. The highest BCUT2D eigenvalue weighted by atomic mass is 35.5. The maximum absolute atomic E-state index is 10.8. The maximum atomic E-state index is 10.8. The van der Waals surface area contributed by atoms with Gasteiger partial charge in [0.2, 0.25) is 0 Å². The zero-order chi connectivity index (χ0) is 19.5. The van der Waals surface area contributed by atoms with Crippen molar-refractivity contribution in [2.24, 2.45) is 5.11 Å². The summed E-state index contributed by atoms with van der Waals surface area (Å²) in [5.74, 6) is 0. The second-order valence-electron chi connectivity index (χ2n) is 6.48. The van der Waals surface area contributed by atoms with Gasteiger partial charge < -0.3 is 19.3 Å². The Balaban J connectivity index is 1.54. The summed E-state index contributed by atoms with van der Waals surface area (Å²) in [6, 6.07) is 15.9. The number of aliphatic hydroxyl groups excluding tert-OH is 1. The number of thioether (sulfide) groups is 1. The zero-order valence-corrected chi connectivity index (χ0v) is 16.2. The van der Waals surface area contributed by atoms with Crippen molar-refractivity contribution >= 4 is 23.4 Å². The molecule has 0 saturated carbocycles. The number of benzene rings is 2. The van der Waals surface area contributed by atoms with Crippen LogP contribution in [-0.4, -0.2) is 41.5 Å². The summed E-state index contributed by atoms with van der Waals surface area (Å²) in [5.41, 5.74) is 9.23. The first-order chi connectivity index (χ1) is 13.7. The Bertz CT molecular complexity index is 867. The molecule has 4 unspecified atom stereocenters. The Hall–Kier alpha value is -1.77. The third-order valence-electron chi connectivity index (χ3n) is 4.64. The van der Waals surface area contributed by atoms with Gasteiger partial charge in [-0.1, -0.05) is 64.9 Å². The first-order valence-corrected chi connectivity index (χ1v) is 10.0. The predicted octanol–water partition coefficient (Wildman–Crippen LogP) is 4.31. The molecule has 0 aliphatic carbocycles. The molecule has 2 aliphatic rings. The van der Waals surface area contributed by atoms with Gasteiger partial charge in [0.25, 0.3) is 0 Å². The standard InChI is InChI=1S/C19H18ClN3O4S/c20-12-7-4-8-13(9-12)28-19-16(24)15(22-23-21)17-14(26-19)10-25-18(27-17)11-5-2-1-3-6-11/h1-9,14-19,24H,10H2/t14?,15?,16?,17-,18?,19+/m0/s1. The topological polar surface area (TPSA) is 96.7 Å². The molecule has 6 atom stereocenters. The third kappa shape index (κ3) is 4.14. The number of azide groups is 1. The SMILES string of the molecule is [N-]=[N+]=NC1C(O)[C@@H](Sc2cccc(Cl)c2)OC2COC(c3ccccc3)O[C@@H]21. The van der Waals surface area contributed by atoms with Crippen LogP contribution in [0.4, 0.5) is 0 Å². The number of rotatable bonds is 4. The number of hydrogen-bond donors (Lipinski definition) is 1. The van der Waals surface area contributed by atoms with Gasteiger partial charge in [0.15, 0.2) is 6.29 Å². The van der Waals surface area contributed by atoms with Crippen molar-refractivity contribution in [1.82, 2.24) is 0 Å². The molecule has 0 bridgehead atoms. The Labute approximate surface area is 171 Å². The van der Waals surface area contributed by atoms with E-state index in [-0.39, 0.29) is 6.61 Å². The Morgan fingerprint density at radius 2 is 1.96 bits per heavy atom. The van der Waals surface area contributed by atoms with Crippen LogP contribution in [0.5, 0.6) is 0 Å². The van der Waals surface area contributed by atoms with E-state index in [9.17, 15) is 5.11 Å². The van der Waals surface area contributed by atoms with Crippen molar-refractivity contribution in [3.8, 4) is 0 Å². The molecular formula is C19H18ClN3O4S. The smallest absolute Gasteiger partial charge is 0.184 e. The van der Waals surface area contributed by atoms with E-state index in [1.165, 1.54) is 11.8 Å². The quantitative estimate of drug-likeness (QED) is 0.452. The van der Waals surface area contributed by atoms with Crippen LogP contribution in [0.15, 0.2) is 64.6 Å². The minimum atomic E-state index is -1.05. The van der Waals surface area contributed by atoms with Crippen molar-refractivity contribution in [1.29, 1.82) is 0 Å². The van der Waals surface area contributed by atoms with E-state index < -0.39 is 36.1 Å². The summed E-state index contributed by atoms with van der Waals surface area (Å²) >= 11 is 7.36. The number of hydrogen-bond acceptors (Lipinski definition) is 6. The monoisotopic (exact) mass is 419 g/mol. The molecule has 2 aromatic rings. The highest BCUT2D eigenvalue weighted by Gasteiger charge is 2.49. The molecule has 0 spiro atoms. The average molecular weight is 420 g/mol. The molecule has 0 aromatic heterocycles. The molecule has 2 fully saturated rings. The van der Waals surface area contributed by atoms with Crippen molar-refractivity contribution in [2.45, 2.75) is 41.0 Å². The molecule has 4 rings (SSSR count). The lowest BCUT2D eigenvalue weighted by molar-refractivity contribution is -0.297. The first kappa shape index (κ1) is 19.5. The third-order valence-corrected chi connectivity index (χ3v) is 6.02. The number of fused-ring (bicyclic) bond motifs is 1. The van der Waals surface area contributed by atoms with Gasteiger partial charge in [-0.25, -0.2) is 0 Å². The van der Waals surface area contributed by atoms with Crippen molar-refractivity contribution < 1.29 is 19.3 Å². The second-order valence-corrected chi connectivity index (χ2v) is 8.09. The zero-order valence-electron chi connectivity index (χ0n) is 14.7. The molecular weight excluding hydrogens is 402 g/mol. The largest absolute Gasteiger partial charge is 0.389 e. The van der Waals surface area contributed by atoms with Gasteiger partial charge >= 0.3 is 0 Å². The van der Waals surface area contributed by atoms with E-state index >= 15 is 0 Å². The molecule has 9 heteroatoms. The first-order valence-electron chi connectivity index (χ1n) is 8.77. The molecule has 1 N–H and O–H groups in total. The fourth-order valence-corrected chi connectivity index (χ4v) is 4.70. The fourth-order valence-electron chi connectivity index (χ4n) is 3.32. The van der Waals surface area contributed by atoms with Crippen LogP contribution < -0.4 is 0 Å². The van der Waals surface area contributed by atoms with Gasteiger partial charge in [-0.15, -0.1) is 0 Å². The van der Waals surface area contributed by atoms with Crippen LogP contribution in [0.2, 0.25) is 5.02 Å². The fraction of sp³-hybridized carbons (Fsp3) is 0.368. The van der Waals surface area contributed by atoms with Gasteiger partial charge in [0.1, 0.15) is 23.7 Å². The molecule has 146 valence electrons. The van der Waals surface area contributed by atoms with Crippen molar-refractivity contribution in [2.75, 3.05) is 6.61 Å². The Morgan fingerprint density at radius 3 is 2.71 bits per heavy atom. The van der Waals surface area contributed by atoms with Crippen LogP contribution in [0.25, 0.3) is 10.4 Å². The van der Waals surface area contributed by atoms with Crippen molar-refractivity contribution in [3.63, 3.8) is 0 Å². The molecule has 7 nitrogen and oxygen atoms in total. The van der Waals surface area contributed by atoms with Crippen LogP contribution >= 0.6 is 23.4 Å². The summed E-state index contributed by atoms with van der Waals surface area (Å²) in [6.45, 7) is 0.265. The van der Waals surface area contributed by atoms with E-state index in [0.717, 1.165) is 10.5 Å². The minimum Gasteiger partial charge on any atom is -0.389 e. The summed E-state index contributed by atoms with van der Waals surface area (Å²) < 4.78 is 17.9. The van der Waals surface area contributed by atoms with E-state index in [2.05, 4.69) is 10.0 Å². The molecule has 2 aliphatic heterocycles. The normalized spacial score (nSPS) is 32.2. The summed E-state index contributed by atoms with van der Waals surface area (Å²) in [6.07, 6.45) is -2.72. The van der Waals surface area contributed by atoms with Gasteiger partial charge in [-0.05, 0) is 23.7 Å². The number of nitrogens with zero attached hydrogens (tertiary/aromatic N) is 3. The van der Waals surface area contributed by atoms with E-state index in [1.807, 2.05) is 42.5 Å². The highest BCUT2D eigenvalue weighted by molar-refractivity contribution is 7.99. The average Bonchev–Trinajstić information content (AvgIpc) is 2.71. The molecule has 2 heterocycles. The van der Waals surface area contributed by atoms with E-state index in [1.54, 1.807) is 12.1 Å². The van der Waals surface area contributed by atoms with Crippen LogP contribution in [0.3, 0.4) is 0 Å². The number of halogens is 1. The lowest BCUT2D eigenvalue weighted by Gasteiger charge is -2.46. The molecule has 2 aromatic carbocycles. The maximum Gasteiger partial charge on any atom is 0.184 e.